The Labute approximate surface area is 66.7 Å². The number of likely N-dealkylation sites (N-methyl/N-ethyl adjacent to an activating group) is 1. The molecule has 0 unspecified atom stereocenters. The number of hydrogen-bond donors (Lipinski definition) is 1. The van der Waals surface area contributed by atoms with Crippen LogP contribution in [0, 0.1) is 0 Å². The summed E-state index contributed by atoms with van der Waals surface area (Å²) in [6.45, 7) is 2.41. The third-order valence-corrected chi connectivity index (χ3v) is 3.37. The Kier molecular flexibility index (Phi) is 1.15. The van der Waals surface area contributed by atoms with E-state index < -0.39 is 0 Å². The van der Waals surface area contributed by atoms with Crippen LogP contribution < -0.4 is 5.32 Å². The summed E-state index contributed by atoms with van der Waals surface area (Å²) in [7, 11) is 2.05. The highest BCUT2D eigenvalue weighted by molar-refractivity contribution is 5.11. The molecule has 3 aliphatic heterocycles. The fourth-order valence-electron chi connectivity index (χ4n) is 2.94. The average molecular weight is 154 g/mol. The Morgan fingerprint density at radius 2 is 2.36 bits per heavy atom. The standard InChI is InChI=1S/C8H14N2O/c1-9-7-6-4-10-3-2-5(11-6)8(7)10/h5-9H,2-4H2,1H3/t5-,6+,7+,8-/m1/s1. The van der Waals surface area contributed by atoms with Crippen molar-refractivity contribution in [1.82, 2.24) is 10.2 Å². The minimum absolute atomic E-state index is 0.484. The van der Waals surface area contributed by atoms with Crippen molar-refractivity contribution in [3.63, 3.8) is 0 Å². The molecule has 3 aliphatic rings. The van der Waals surface area contributed by atoms with Gasteiger partial charge in [-0.05, 0) is 13.5 Å². The summed E-state index contributed by atoms with van der Waals surface area (Å²) in [6, 6.07) is 1.31. The molecule has 3 fully saturated rings. The smallest absolute Gasteiger partial charge is 0.0875 e. The van der Waals surface area contributed by atoms with Gasteiger partial charge in [0.15, 0.2) is 0 Å². The van der Waals surface area contributed by atoms with Crippen LogP contribution in [0.15, 0.2) is 0 Å². The lowest BCUT2D eigenvalue weighted by Gasteiger charge is -2.21. The number of rotatable bonds is 1. The van der Waals surface area contributed by atoms with E-state index in [1.165, 1.54) is 13.0 Å². The van der Waals surface area contributed by atoms with Crippen LogP contribution in [0.3, 0.4) is 0 Å². The summed E-state index contributed by atoms with van der Waals surface area (Å²) < 4.78 is 5.85. The first-order valence-electron chi connectivity index (χ1n) is 4.47. The van der Waals surface area contributed by atoms with Crippen LogP contribution >= 0.6 is 0 Å². The van der Waals surface area contributed by atoms with E-state index in [1.807, 2.05) is 7.05 Å². The average Bonchev–Trinajstić information content (AvgIpc) is 2.55. The molecule has 0 amide bonds. The molecular formula is C8H14N2O. The van der Waals surface area contributed by atoms with Gasteiger partial charge in [0.2, 0.25) is 0 Å². The second-order valence-corrected chi connectivity index (χ2v) is 3.80. The molecule has 3 heteroatoms. The van der Waals surface area contributed by atoms with E-state index in [1.54, 1.807) is 0 Å². The van der Waals surface area contributed by atoms with Crippen LogP contribution in [0.5, 0.6) is 0 Å². The number of nitrogens with one attached hydrogen (secondary N) is 1. The summed E-state index contributed by atoms with van der Waals surface area (Å²) in [5, 5.41) is 3.36. The summed E-state index contributed by atoms with van der Waals surface area (Å²) in [5.74, 6) is 0. The van der Waals surface area contributed by atoms with Gasteiger partial charge in [-0.15, -0.1) is 0 Å². The van der Waals surface area contributed by atoms with Gasteiger partial charge in [-0.2, -0.15) is 0 Å². The van der Waals surface area contributed by atoms with Crippen molar-refractivity contribution in [3.05, 3.63) is 0 Å². The molecule has 3 saturated heterocycles. The third kappa shape index (κ3) is 0.643. The van der Waals surface area contributed by atoms with Gasteiger partial charge in [-0.1, -0.05) is 0 Å². The van der Waals surface area contributed by atoms with Crippen molar-refractivity contribution in [2.75, 3.05) is 20.1 Å². The number of morpholine rings is 1. The van der Waals surface area contributed by atoms with E-state index in [9.17, 15) is 0 Å². The highest BCUT2D eigenvalue weighted by atomic mass is 16.5. The van der Waals surface area contributed by atoms with Gasteiger partial charge in [-0.3, -0.25) is 4.90 Å². The van der Waals surface area contributed by atoms with Crippen LogP contribution in [0.25, 0.3) is 0 Å². The maximum Gasteiger partial charge on any atom is 0.0875 e. The Morgan fingerprint density at radius 1 is 1.45 bits per heavy atom. The van der Waals surface area contributed by atoms with Crippen molar-refractivity contribution in [1.29, 1.82) is 0 Å². The van der Waals surface area contributed by atoms with Gasteiger partial charge in [0.1, 0.15) is 0 Å². The van der Waals surface area contributed by atoms with Crippen molar-refractivity contribution >= 4 is 0 Å². The summed E-state index contributed by atoms with van der Waals surface area (Å²) in [4.78, 5) is 2.57. The molecule has 0 aromatic carbocycles. The number of fused-ring (bicyclic) bond motifs is 1. The maximum absolute atomic E-state index is 5.85. The molecule has 3 nitrogen and oxygen atoms in total. The lowest BCUT2D eigenvalue weighted by Crippen LogP contribution is -2.40. The van der Waals surface area contributed by atoms with Crippen LogP contribution in [0.4, 0.5) is 0 Å². The lowest BCUT2D eigenvalue weighted by atomic mass is 10.1. The van der Waals surface area contributed by atoms with Gasteiger partial charge < -0.3 is 10.1 Å². The van der Waals surface area contributed by atoms with Crippen molar-refractivity contribution in [3.8, 4) is 0 Å². The summed E-state index contributed by atoms with van der Waals surface area (Å²) >= 11 is 0. The van der Waals surface area contributed by atoms with Gasteiger partial charge in [0.25, 0.3) is 0 Å². The first-order chi connectivity index (χ1) is 5.40. The molecule has 0 aromatic heterocycles. The van der Waals surface area contributed by atoms with E-state index >= 15 is 0 Å². The predicted octanol–water partition coefficient (Wildman–Crippen LogP) is -0.570. The summed E-state index contributed by atoms with van der Waals surface area (Å²) in [5.41, 5.74) is 0. The quantitative estimate of drug-likeness (QED) is 0.547. The zero-order valence-corrected chi connectivity index (χ0v) is 6.79. The number of hydrogen-bond acceptors (Lipinski definition) is 3. The Hall–Kier alpha value is -0.120. The highest BCUT2D eigenvalue weighted by Crippen LogP contribution is 2.39. The minimum atomic E-state index is 0.484. The number of ether oxygens (including phenoxy) is 1. The van der Waals surface area contributed by atoms with E-state index in [0.717, 1.165) is 6.54 Å². The molecule has 0 aromatic rings. The molecule has 1 N–H and O–H groups in total. The van der Waals surface area contributed by atoms with Crippen molar-refractivity contribution < 1.29 is 4.74 Å². The first kappa shape index (κ1) is 6.40. The third-order valence-electron chi connectivity index (χ3n) is 3.37. The fourth-order valence-corrected chi connectivity index (χ4v) is 2.94. The van der Waals surface area contributed by atoms with Gasteiger partial charge in [0, 0.05) is 13.1 Å². The molecule has 3 heterocycles. The van der Waals surface area contributed by atoms with Gasteiger partial charge >= 0.3 is 0 Å². The Balaban J connectivity index is 1.93. The topological polar surface area (TPSA) is 24.5 Å². The normalized spacial score (nSPS) is 54.3. The molecule has 0 aliphatic carbocycles. The number of nitrogens with zero attached hydrogens (tertiary/aromatic N) is 1. The lowest BCUT2D eigenvalue weighted by molar-refractivity contribution is 0.00833. The molecule has 0 radical (unpaired) electrons. The van der Waals surface area contributed by atoms with Crippen LogP contribution in [-0.4, -0.2) is 49.3 Å². The van der Waals surface area contributed by atoms with Crippen LogP contribution in [0.1, 0.15) is 6.42 Å². The fraction of sp³-hybridized carbons (Fsp3) is 1.00. The minimum Gasteiger partial charge on any atom is -0.370 e. The molecule has 11 heavy (non-hydrogen) atoms. The predicted molar refractivity (Wildman–Crippen MR) is 41.5 cm³/mol. The molecule has 3 rings (SSSR count). The zero-order valence-electron chi connectivity index (χ0n) is 6.79. The maximum atomic E-state index is 5.85. The van der Waals surface area contributed by atoms with Crippen molar-refractivity contribution in [2.45, 2.75) is 30.7 Å². The SMILES string of the molecule is CN[C@@H]1[C@H]2[C@H]3CCN2C[C@@H]1O3. The van der Waals surface area contributed by atoms with Crippen LogP contribution in [-0.2, 0) is 4.74 Å². The molecule has 0 saturated carbocycles. The molecule has 4 atom stereocenters. The van der Waals surface area contributed by atoms with E-state index in [2.05, 4.69) is 10.2 Å². The molecule has 2 bridgehead atoms. The molecule has 62 valence electrons. The van der Waals surface area contributed by atoms with E-state index in [0.29, 0.717) is 24.3 Å². The second kappa shape index (κ2) is 1.97. The largest absolute Gasteiger partial charge is 0.370 e. The Morgan fingerprint density at radius 3 is 3.00 bits per heavy atom. The van der Waals surface area contributed by atoms with Gasteiger partial charge in [-0.25, -0.2) is 0 Å². The summed E-state index contributed by atoms with van der Waals surface area (Å²) in [6.07, 6.45) is 2.28. The monoisotopic (exact) mass is 154 g/mol. The second-order valence-electron chi connectivity index (χ2n) is 3.80. The van der Waals surface area contributed by atoms with E-state index in [-0.39, 0.29) is 0 Å². The van der Waals surface area contributed by atoms with Crippen molar-refractivity contribution in [2.24, 2.45) is 0 Å². The zero-order chi connectivity index (χ0) is 7.42. The molecular weight excluding hydrogens is 140 g/mol. The highest BCUT2D eigenvalue weighted by Gasteiger charge is 2.56. The van der Waals surface area contributed by atoms with E-state index in [4.69, 9.17) is 4.74 Å². The van der Waals surface area contributed by atoms with Gasteiger partial charge in [0.05, 0.1) is 24.3 Å². The Bertz CT molecular complexity index is 171. The first-order valence-corrected chi connectivity index (χ1v) is 4.47. The van der Waals surface area contributed by atoms with Crippen LogP contribution in [0.2, 0.25) is 0 Å². The molecule has 0 spiro atoms.